The number of fused-ring (bicyclic) bond motifs is 5. The molecule has 1 atom stereocenters. The highest BCUT2D eigenvalue weighted by molar-refractivity contribution is 6.14. The third-order valence-electron chi connectivity index (χ3n) is 5.22. The lowest BCUT2D eigenvalue weighted by Gasteiger charge is -2.23. The van der Waals surface area contributed by atoms with Crippen molar-refractivity contribution in [2.75, 3.05) is 14.2 Å². The van der Waals surface area contributed by atoms with Crippen LogP contribution in [0.15, 0.2) is 35.4 Å². The van der Waals surface area contributed by atoms with Gasteiger partial charge in [-0.05, 0) is 24.1 Å². The summed E-state index contributed by atoms with van der Waals surface area (Å²) in [5.41, 5.74) is 0.712. The van der Waals surface area contributed by atoms with Crippen LogP contribution >= 0.6 is 0 Å². The average Bonchev–Trinajstić information content (AvgIpc) is 3.17. The van der Waals surface area contributed by atoms with Crippen LogP contribution in [0.5, 0.6) is 11.5 Å². The Hall–Kier alpha value is -3.55. The maximum Gasteiger partial charge on any atom is 0.327 e. The van der Waals surface area contributed by atoms with Crippen LogP contribution in [-0.2, 0) is 4.79 Å². The normalized spacial score (nSPS) is 12.7. The van der Waals surface area contributed by atoms with Gasteiger partial charge in [0.1, 0.15) is 11.7 Å². The van der Waals surface area contributed by atoms with Crippen LogP contribution in [0, 0.1) is 5.92 Å². The number of pyridine rings is 2. The van der Waals surface area contributed by atoms with Crippen molar-refractivity contribution < 1.29 is 19.4 Å². The van der Waals surface area contributed by atoms with Gasteiger partial charge in [-0.2, -0.15) is 0 Å². The highest BCUT2D eigenvalue weighted by atomic mass is 16.5. The first-order chi connectivity index (χ1) is 13.9. The van der Waals surface area contributed by atoms with E-state index < -0.39 is 17.6 Å². The standard InChI is InChI=1S/C21H21N3O5/c1-10(2)17(21(26)27)24-18-11-5-6-22-19(11)23-9-14(18)12-7-15(28-3)16(29-4)8-13(12)20(24)25/h5-10,17H,1-4H3,(H,22,23)(H,26,27)/t17-/m1/s1. The average molecular weight is 395 g/mol. The van der Waals surface area contributed by atoms with E-state index >= 15 is 0 Å². The third-order valence-corrected chi connectivity index (χ3v) is 5.22. The van der Waals surface area contributed by atoms with Gasteiger partial charge >= 0.3 is 5.97 Å². The van der Waals surface area contributed by atoms with Crippen molar-refractivity contribution in [3.8, 4) is 11.5 Å². The van der Waals surface area contributed by atoms with E-state index in [9.17, 15) is 14.7 Å². The molecule has 8 nitrogen and oxygen atoms in total. The lowest BCUT2D eigenvalue weighted by molar-refractivity contribution is -0.142. The minimum atomic E-state index is -1.07. The van der Waals surface area contributed by atoms with Gasteiger partial charge in [0.05, 0.1) is 25.1 Å². The summed E-state index contributed by atoms with van der Waals surface area (Å²) in [4.78, 5) is 33.2. The number of H-pyrrole nitrogens is 1. The maximum absolute atomic E-state index is 13.6. The predicted molar refractivity (Wildman–Crippen MR) is 110 cm³/mol. The number of nitrogens with zero attached hydrogens (tertiary/aromatic N) is 2. The molecule has 0 saturated carbocycles. The molecule has 0 aliphatic carbocycles. The van der Waals surface area contributed by atoms with Gasteiger partial charge in [0.2, 0.25) is 0 Å². The van der Waals surface area contributed by atoms with Gasteiger partial charge < -0.3 is 19.6 Å². The van der Waals surface area contributed by atoms with Crippen LogP contribution in [-0.4, -0.2) is 39.8 Å². The first kappa shape index (κ1) is 18.8. The summed E-state index contributed by atoms with van der Waals surface area (Å²) < 4.78 is 12.1. The van der Waals surface area contributed by atoms with E-state index in [4.69, 9.17) is 9.47 Å². The van der Waals surface area contributed by atoms with Gasteiger partial charge in [-0.15, -0.1) is 0 Å². The number of carboxylic acid groups (broad SMARTS) is 1. The van der Waals surface area contributed by atoms with E-state index in [1.807, 2.05) is 0 Å². The summed E-state index contributed by atoms with van der Waals surface area (Å²) in [6, 6.07) is 4.08. The smallest absolute Gasteiger partial charge is 0.327 e. The molecule has 0 bridgehead atoms. The molecule has 0 unspecified atom stereocenters. The Bertz CT molecular complexity index is 1320. The number of ether oxygens (including phenoxy) is 2. The molecule has 4 aromatic rings. The zero-order chi connectivity index (χ0) is 20.9. The Balaban J connectivity index is 2.31. The predicted octanol–water partition coefficient (Wildman–Crippen LogP) is 3.33. The number of aromatic nitrogens is 3. The van der Waals surface area contributed by atoms with Crippen molar-refractivity contribution in [1.82, 2.24) is 14.5 Å². The number of nitrogens with one attached hydrogen (secondary N) is 1. The minimum absolute atomic E-state index is 0.312. The maximum atomic E-state index is 13.6. The van der Waals surface area contributed by atoms with Gasteiger partial charge in [-0.3, -0.25) is 9.36 Å². The molecule has 3 heterocycles. The van der Waals surface area contributed by atoms with Crippen LogP contribution in [0.1, 0.15) is 19.9 Å². The summed E-state index contributed by atoms with van der Waals surface area (Å²) in [5, 5.41) is 12.3. The number of methoxy groups -OCH3 is 2. The Labute approximate surface area is 165 Å². The highest BCUT2D eigenvalue weighted by Gasteiger charge is 2.29. The first-order valence-corrected chi connectivity index (χ1v) is 9.17. The van der Waals surface area contributed by atoms with Gasteiger partial charge in [-0.25, -0.2) is 9.78 Å². The molecule has 4 rings (SSSR count). The number of hydrogen-bond acceptors (Lipinski definition) is 5. The topological polar surface area (TPSA) is 106 Å². The molecule has 150 valence electrons. The molecule has 0 spiro atoms. The van der Waals surface area contributed by atoms with Crippen LogP contribution in [0.3, 0.4) is 0 Å². The molecule has 3 aromatic heterocycles. The van der Waals surface area contributed by atoms with E-state index in [0.29, 0.717) is 44.2 Å². The molecular formula is C21H21N3O5. The van der Waals surface area contributed by atoms with E-state index in [1.165, 1.54) is 18.8 Å². The van der Waals surface area contributed by atoms with Crippen LogP contribution in [0.25, 0.3) is 32.7 Å². The number of hydrogen-bond donors (Lipinski definition) is 2. The van der Waals surface area contributed by atoms with Crippen molar-refractivity contribution in [2.45, 2.75) is 19.9 Å². The fourth-order valence-corrected chi connectivity index (χ4v) is 3.92. The summed E-state index contributed by atoms with van der Waals surface area (Å²) in [5.74, 6) is -0.502. The molecule has 1 aromatic carbocycles. The monoisotopic (exact) mass is 395 g/mol. The summed E-state index contributed by atoms with van der Waals surface area (Å²) in [6.45, 7) is 3.57. The highest BCUT2D eigenvalue weighted by Crippen LogP contribution is 2.37. The number of carbonyl (C=O) groups is 1. The van der Waals surface area contributed by atoms with E-state index in [-0.39, 0.29) is 5.92 Å². The second-order valence-electron chi connectivity index (χ2n) is 7.22. The number of rotatable bonds is 5. The van der Waals surface area contributed by atoms with Gasteiger partial charge in [-0.1, -0.05) is 13.8 Å². The van der Waals surface area contributed by atoms with Crippen molar-refractivity contribution in [3.63, 3.8) is 0 Å². The number of aliphatic carboxylic acids is 1. The Morgan fingerprint density at radius 1 is 1.10 bits per heavy atom. The largest absolute Gasteiger partial charge is 0.493 e. The van der Waals surface area contributed by atoms with Crippen molar-refractivity contribution in [1.29, 1.82) is 0 Å². The quantitative estimate of drug-likeness (QED) is 0.502. The summed E-state index contributed by atoms with van der Waals surface area (Å²) >= 11 is 0. The molecule has 29 heavy (non-hydrogen) atoms. The fraction of sp³-hybridized carbons (Fsp3) is 0.286. The first-order valence-electron chi connectivity index (χ1n) is 9.17. The second-order valence-corrected chi connectivity index (χ2v) is 7.22. The fourth-order valence-electron chi connectivity index (χ4n) is 3.92. The van der Waals surface area contributed by atoms with Crippen LogP contribution in [0.4, 0.5) is 0 Å². The molecule has 0 aliphatic heterocycles. The molecule has 0 aliphatic rings. The minimum Gasteiger partial charge on any atom is -0.493 e. The molecule has 0 saturated heterocycles. The van der Waals surface area contributed by atoms with Gasteiger partial charge in [0.25, 0.3) is 5.56 Å². The van der Waals surface area contributed by atoms with Gasteiger partial charge in [0, 0.05) is 28.6 Å². The lowest BCUT2D eigenvalue weighted by Crippen LogP contribution is -2.33. The number of aromatic amines is 1. The SMILES string of the molecule is COc1cc2c(=O)n([C@@H](C(=O)O)C(C)C)c3c4cc[nH]c4ncc3c2cc1OC. The Morgan fingerprint density at radius 3 is 2.34 bits per heavy atom. The molecular weight excluding hydrogens is 374 g/mol. The summed E-state index contributed by atoms with van der Waals surface area (Å²) in [7, 11) is 3.01. The summed E-state index contributed by atoms with van der Waals surface area (Å²) in [6.07, 6.45) is 3.37. The van der Waals surface area contributed by atoms with Crippen molar-refractivity contribution >= 4 is 38.7 Å². The van der Waals surface area contributed by atoms with E-state index in [0.717, 1.165) is 0 Å². The zero-order valence-corrected chi connectivity index (χ0v) is 16.5. The zero-order valence-electron chi connectivity index (χ0n) is 16.5. The Morgan fingerprint density at radius 2 is 1.76 bits per heavy atom. The van der Waals surface area contributed by atoms with Crippen LogP contribution < -0.4 is 15.0 Å². The number of benzene rings is 1. The molecule has 0 amide bonds. The van der Waals surface area contributed by atoms with Gasteiger partial charge in [0.15, 0.2) is 11.5 Å². The van der Waals surface area contributed by atoms with E-state index in [2.05, 4.69) is 9.97 Å². The van der Waals surface area contributed by atoms with E-state index in [1.54, 1.807) is 44.4 Å². The van der Waals surface area contributed by atoms with Crippen LogP contribution in [0.2, 0.25) is 0 Å². The lowest BCUT2D eigenvalue weighted by atomic mass is 10.00. The molecule has 0 radical (unpaired) electrons. The third kappa shape index (κ3) is 2.71. The van der Waals surface area contributed by atoms with Crippen molar-refractivity contribution in [2.24, 2.45) is 5.92 Å². The molecule has 2 N–H and O–H groups in total. The Kier molecular flexibility index (Phi) is 4.41. The second kappa shape index (κ2) is 6.80. The molecule has 8 heteroatoms. The van der Waals surface area contributed by atoms with Crippen molar-refractivity contribution in [3.05, 3.63) is 40.9 Å². The number of carboxylic acids is 1. The molecule has 0 fully saturated rings.